The van der Waals surface area contributed by atoms with Gasteiger partial charge in [0.25, 0.3) is 0 Å². The van der Waals surface area contributed by atoms with E-state index in [4.69, 9.17) is 9.47 Å². The van der Waals surface area contributed by atoms with E-state index < -0.39 is 17.7 Å². The quantitative estimate of drug-likeness (QED) is 0.560. The van der Waals surface area contributed by atoms with Crippen molar-refractivity contribution < 1.29 is 32.2 Å². The van der Waals surface area contributed by atoms with Crippen molar-refractivity contribution in [2.45, 2.75) is 19.2 Å². The summed E-state index contributed by atoms with van der Waals surface area (Å²) in [5, 5.41) is 0. The van der Waals surface area contributed by atoms with Crippen molar-refractivity contribution in [3.05, 3.63) is 60.3 Å². The molecule has 1 aromatic carbocycles. The second-order valence-electron chi connectivity index (χ2n) is 5.16. The highest BCUT2D eigenvalue weighted by atomic mass is 19.4. The number of pyridine rings is 1. The summed E-state index contributed by atoms with van der Waals surface area (Å²) in [6, 6.07) is 8.47. The van der Waals surface area contributed by atoms with Gasteiger partial charge in [-0.2, -0.15) is 13.2 Å². The molecule has 1 heterocycles. The Bertz CT molecular complexity index is 756. The predicted molar refractivity (Wildman–Crippen MR) is 87.0 cm³/mol. The Balaban J connectivity index is 1.95. The third-order valence-corrected chi connectivity index (χ3v) is 3.14. The fraction of sp³-hybridized carbons (Fsp3) is 0.222. The van der Waals surface area contributed by atoms with Gasteiger partial charge in [-0.1, -0.05) is 0 Å². The van der Waals surface area contributed by atoms with Gasteiger partial charge in [0.15, 0.2) is 0 Å². The topological polar surface area (TPSA) is 57.7 Å². The predicted octanol–water partition coefficient (Wildman–Crippen LogP) is 4.39. The molecular weight excluding hydrogens is 351 g/mol. The maximum absolute atomic E-state index is 12.5. The number of rotatable bonds is 6. The zero-order valence-corrected chi connectivity index (χ0v) is 14.0. The van der Waals surface area contributed by atoms with Crippen molar-refractivity contribution in [1.82, 2.24) is 4.98 Å². The Kier molecular flexibility index (Phi) is 6.21. The van der Waals surface area contributed by atoms with Gasteiger partial charge in [0, 0.05) is 18.3 Å². The molecular formula is C18H16F3NO4. The molecule has 2 rings (SSSR count). The lowest BCUT2D eigenvalue weighted by atomic mass is 10.3. The molecule has 138 valence electrons. The fourth-order valence-corrected chi connectivity index (χ4v) is 1.85. The summed E-state index contributed by atoms with van der Waals surface area (Å²) in [5.74, 6) is 0.483. The second-order valence-corrected chi connectivity index (χ2v) is 5.16. The first-order valence-electron chi connectivity index (χ1n) is 7.52. The molecule has 0 aliphatic carbocycles. The van der Waals surface area contributed by atoms with Crippen LogP contribution in [0.5, 0.6) is 17.4 Å². The van der Waals surface area contributed by atoms with Gasteiger partial charge in [-0.25, -0.2) is 9.78 Å². The summed E-state index contributed by atoms with van der Waals surface area (Å²) in [7, 11) is 1.28. The van der Waals surface area contributed by atoms with Crippen LogP contribution in [-0.4, -0.2) is 24.2 Å². The van der Waals surface area contributed by atoms with Gasteiger partial charge < -0.3 is 14.2 Å². The Labute approximate surface area is 148 Å². The van der Waals surface area contributed by atoms with Gasteiger partial charge in [0.05, 0.1) is 12.7 Å². The van der Waals surface area contributed by atoms with Crippen LogP contribution in [0.25, 0.3) is 0 Å². The minimum Gasteiger partial charge on any atom is -0.487 e. The third-order valence-electron chi connectivity index (χ3n) is 3.14. The largest absolute Gasteiger partial charge is 0.487 e. The molecule has 1 unspecified atom stereocenters. The van der Waals surface area contributed by atoms with Crippen LogP contribution in [0.2, 0.25) is 0 Å². The maximum Gasteiger partial charge on any atom is 0.417 e. The summed E-state index contributed by atoms with van der Waals surface area (Å²) in [6.45, 7) is 1.75. The summed E-state index contributed by atoms with van der Waals surface area (Å²) >= 11 is 0. The Hall–Kier alpha value is -3.03. The molecule has 2 aromatic rings. The van der Waals surface area contributed by atoms with Crippen LogP contribution in [0.1, 0.15) is 12.5 Å². The minimum absolute atomic E-state index is 0.0426. The highest BCUT2D eigenvalue weighted by molar-refractivity contribution is 5.81. The molecule has 0 amide bonds. The molecule has 0 aliphatic heterocycles. The molecule has 0 spiro atoms. The average molecular weight is 367 g/mol. The second kappa shape index (κ2) is 8.37. The van der Waals surface area contributed by atoms with Crippen molar-refractivity contribution >= 4 is 5.97 Å². The molecule has 0 saturated carbocycles. The lowest BCUT2D eigenvalue weighted by molar-refractivity contribution is -0.138. The summed E-state index contributed by atoms with van der Waals surface area (Å²) < 4.78 is 52.9. The van der Waals surface area contributed by atoms with E-state index in [0.29, 0.717) is 17.7 Å². The van der Waals surface area contributed by atoms with Crippen LogP contribution >= 0.6 is 0 Å². The van der Waals surface area contributed by atoms with E-state index >= 15 is 0 Å². The summed E-state index contributed by atoms with van der Waals surface area (Å²) in [5.41, 5.74) is -0.845. The number of aromatic nitrogens is 1. The SMILES string of the molecule is COC(=O)/C=C/C(C)Oc1ccc(Oc2ccc(C(F)(F)F)cn2)cc1. The van der Waals surface area contributed by atoms with Crippen molar-refractivity contribution in [2.75, 3.05) is 7.11 Å². The standard InChI is InChI=1S/C18H16F3NO4/c1-12(3-10-17(23)24-2)25-14-5-7-15(8-6-14)26-16-9-4-13(11-22-16)18(19,20)21/h3-12H,1-2H3/b10-3+. The van der Waals surface area contributed by atoms with Crippen molar-refractivity contribution in [3.63, 3.8) is 0 Å². The van der Waals surface area contributed by atoms with Crippen LogP contribution in [0.4, 0.5) is 13.2 Å². The number of hydrogen-bond donors (Lipinski definition) is 0. The van der Waals surface area contributed by atoms with E-state index in [2.05, 4.69) is 9.72 Å². The Morgan fingerprint density at radius 1 is 1.12 bits per heavy atom. The number of halogens is 3. The van der Waals surface area contributed by atoms with Gasteiger partial charge in [-0.15, -0.1) is 0 Å². The molecule has 1 aromatic heterocycles. The molecule has 8 heteroatoms. The molecule has 0 fully saturated rings. The molecule has 0 bridgehead atoms. The minimum atomic E-state index is -4.44. The molecule has 5 nitrogen and oxygen atoms in total. The number of hydrogen-bond acceptors (Lipinski definition) is 5. The number of esters is 1. The number of nitrogens with zero attached hydrogens (tertiary/aromatic N) is 1. The van der Waals surface area contributed by atoms with Gasteiger partial charge >= 0.3 is 12.1 Å². The number of carbonyl (C=O) groups excluding carboxylic acids is 1. The fourth-order valence-electron chi connectivity index (χ4n) is 1.85. The monoisotopic (exact) mass is 367 g/mol. The van der Waals surface area contributed by atoms with Crippen molar-refractivity contribution in [1.29, 1.82) is 0 Å². The van der Waals surface area contributed by atoms with Crippen molar-refractivity contribution in [2.24, 2.45) is 0 Å². The number of methoxy groups -OCH3 is 1. The molecule has 0 aliphatic rings. The van der Waals surface area contributed by atoms with E-state index in [1.165, 1.54) is 13.2 Å². The number of alkyl halides is 3. The first-order valence-corrected chi connectivity index (χ1v) is 7.52. The van der Waals surface area contributed by atoms with Crippen LogP contribution in [0.3, 0.4) is 0 Å². The number of carbonyl (C=O) groups is 1. The maximum atomic E-state index is 12.5. The van der Waals surface area contributed by atoms with Crippen LogP contribution in [0.15, 0.2) is 54.7 Å². The van der Waals surface area contributed by atoms with E-state index in [9.17, 15) is 18.0 Å². The van der Waals surface area contributed by atoms with Gasteiger partial charge in [0.1, 0.15) is 17.6 Å². The van der Waals surface area contributed by atoms with E-state index in [1.54, 1.807) is 37.3 Å². The van der Waals surface area contributed by atoms with Crippen LogP contribution in [0, 0.1) is 0 Å². The van der Waals surface area contributed by atoms with Gasteiger partial charge in [-0.05, 0) is 43.3 Å². The first kappa shape index (κ1) is 19.3. The lowest BCUT2D eigenvalue weighted by Gasteiger charge is -2.12. The zero-order chi connectivity index (χ0) is 19.2. The van der Waals surface area contributed by atoms with Gasteiger partial charge in [0.2, 0.25) is 5.88 Å². The zero-order valence-electron chi connectivity index (χ0n) is 14.0. The molecule has 1 atom stereocenters. The van der Waals surface area contributed by atoms with Crippen LogP contribution < -0.4 is 9.47 Å². The Morgan fingerprint density at radius 3 is 2.31 bits per heavy atom. The number of ether oxygens (including phenoxy) is 3. The third kappa shape index (κ3) is 5.80. The highest BCUT2D eigenvalue weighted by Crippen LogP contribution is 2.30. The normalized spacial score (nSPS) is 12.7. The number of benzene rings is 1. The summed E-state index contributed by atoms with van der Waals surface area (Å²) in [6.07, 6.45) is -1.29. The molecule has 26 heavy (non-hydrogen) atoms. The molecule has 0 saturated heterocycles. The first-order chi connectivity index (χ1) is 12.3. The summed E-state index contributed by atoms with van der Waals surface area (Å²) in [4.78, 5) is 14.6. The average Bonchev–Trinajstić information content (AvgIpc) is 2.61. The smallest absolute Gasteiger partial charge is 0.417 e. The van der Waals surface area contributed by atoms with E-state index in [0.717, 1.165) is 12.1 Å². The van der Waals surface area contributed by atoms with Crippen LogP contribution in [-0.2, 0) is 15.7 Å². The molecule has 0 N–H and O–H groups in total. The van der Waals surface area contributed by atoms with Gasteiger partial charge in [-0.3, -0.25) is 0 Å². The van der Waals surface area contributed by atoms with Crippen molar-refractivity contribution in [3.8, 4) is 17.4 Å². The Morgan fingerprint density at radius 2 is 1.77 bits per heavy atom. The highest BCUT2D eigenvalue weighted by Gasteiger charge is 2.30. The van der Waals surface area contributed by atoms with E-state index in [1.807, 2.05) is 0 Å². The lowest BCUT2D eigenvalue weighted by Crippen LogP contribution is -2.09. The van der Waals surface area contributed by atoms with E-state index in [-0.39, 0.29) is 12.0 Å². The molecule has 0 radical (unpaired) electrons.